The molecule has 0 unspecified atom stereocenters. The third-order valence-electron chi connectivity index (χ3n) is 3.43. The summed E-state index contributed by atoms with van der Waals surface area (Å²) in [5.41, 5.74) is 3.98. The van der Waals surface area contributed by atoms with Crippen molar-refractivity contribution in [2.75, 3.05) is 13.7 Å². The number of amides is 1. The SMILES string of the molecule is CCCC(=O)C1C(=O)CC(COC)(C(N)=O)CC1=O. The Kier molecular flexibility index (Phi) is 4.94. The summed E-state index contributed by atoms with van der Waals surface area (Å²) in [6.07, 6.45) is 0.356. The van der Waals surface area contributed by atoms with Crippen LogP contribution in [0, 0.1) is 11.3 Å². The number of carbonyl (C=O) groups excluding carboxylic acids is 4. The fourth-order valence-corrected chi connectivity index (χ4v) is 2.49. The molecule has 0 aromatic carbocycles. The number of primary amides is 1. The van der Waals surface area contributed by atoms with Gasteiger partial charge < -0.3 is 10.5 Å². The fraction of sp³-hybridized carbons (Fsp3) is 0.692. The van der Waals surface area contributed by atoms with Gasteiger partial charge in [-0.1, -0.05) is 6.92 Å². The quantitative estimate of drug-likeness (QED) is 0.685. The lowest BCUT2D eigenvalue weighted by molar-refractivity contribution is -0.153. The van der Waals surface area contributed by atoms with E-state index in [1.807, 2.05) is 0 Å². The highest BCUT2D eigenvalue weighted by Crippen LogP contribution is 2.36. The number of rotatable bonds is 6. The van der Waals surface area contributed by atoms with Crippen LogP contribution in [0.1, 0.15) is 32.6 Å². The number of ether oxygens (including phenoxy) is 1. The maximum atomic E-state index is 12.0. The van der Waals surface area contributed by atoms with E-state index in [9.17, 15) is 19.2 Å². The van der Waals surface area contributed by atoms with Crippen molar-refractivity contribution in [3.8, 4) is 0 Å². The van der Waals surface area contributed by atoms with Gasteiger partial charge in [0.05, 0.1) is 12.0 Å². The molecular weight excluding hydrogens is 250 g/mol. The topological polar surface area (TPSA) is 104 Å². The van der Waals surface area contributed by atoms with Crippen LogP contribution < -0.4 is 5.73 Å². The molecule has 1 rings (SSSR count). The van der Waals surface area contributed by atoms with Crippen molar-refractivity contribution >= 4 is 23.3 Å². The summed E-state index contributed by atoms with van der Waals surface area (Å²) < 4.78 is 4.90. The lowest BCUT2D eigenvalue weighted by atomic mass is 9.67. The molecule has 1 amide bonds. The maximum Gasteiger partial charge on any atom is 0.226 e. The van der Waals surface area contributed by atoms with E-state index in [-0.39, 0.29) is 31.7 Å². The molecule has 1 fully saturated rings. The van der Waals surface area contributed by atoms with Gasteiger partial charge in [0.2, 0.25) is 5.91 Å². The van der Waals surface area contributed by atoms with Gasteiger partial charge in [-0.25, -0.2) is 0 Å². The molecule has 0 spiro atoms. The van der Waals surface area contributed by atoms with E-state index >= 15 is 0 Å². The normalized spacial score (nSPS) is 27.4. The van der Waals surface area contributed by atoms with Gasteiger partial charge in [0.15, 0.2) is 17.3 Å². The first kappa shape index (κ1) is 15.5. The minimum Gasteiger partial charge on any atom is -0.384 e. The van der Waals surface area contributed by atoms with E-state index in [2.05, 4.69) is 0 Å². The highest BCUT2D eigenvalue weighted by atomic mass is 16.5. The van der Waals surface area contributed by atoms with Crippen molar-refractivity contribution in [3.05, 3.63) is 0 Å². The van der Waals surface area contributed by atoms with Gasteiger partial charge in [0, 0.05) is 26.4 Å². The lowest BCUT2D eigenvalue weighted by Crippen LogP contribution is -2.52. The zero-order valence-corrected chi connectivity index (χ0v) is 11.2. The van der Waals surface area contributed by atoms with Crippen LogP contribution in [0.3, 0.4) is 0 Å². The molecule has 106 valence electrons. The first-order valence-electron chi connectivity index (χ1n) is 6.25. The molecule has 0 heterocycles. The molecule has 1 aliphatic carbocycles. The number of hydrogen-bond donors (Lipinski definition) is 1. The second-order valence-corrected chi connectivity index (χ2v) is 5.01. The van der Waals surface area contributed by atoms with Gasteiger partial charge in [0.25, 0.3) is 0 Å². The van der Waals surface area contributed by atoms with Crippen LogP contribution in [0.5, 0.6) is 0 Å². The zero-order valence-electron chi connectivity index (χ0n) is 11.2. The van der Waals surface area contributed by atoms with Crippen LogP contribution in [0.4, 0.5) is 0 Å². The Morgan fingerprint density at radius 2 is 1.84 bits per heavy atom. The minimum atomic E-state index is -1.30. The first-order chi connectivity index (χ1) is 8.88. The van der Waals surface area contributed by atoms with Crippen LogP contribution in [0.25, 0.3) is 0 Å². The Balaban J connectivity index is 2.97. The van der Waals surface area contributed by atoms with Crippen molar-refractivity contribution in [1.29, 1.82) is 0 Å². The van der Waals surface area contributed by atoms with Gasteiger partial charge in [-0.05, 0) is 6.42 Å². The predicted octanol–water partition coefficient (Wildman–Crippen LogP) is 0.0219. The first-order valence-corrected chi connectivity index (χ1v) is 6.25. The monoisotopic (exact) mass is 269 g/mol. The van der Waals surface area contributed by atoms with Crippen LogP contribution in [0.15, 0.2) is 0 Å². The van der Waals surface area contributed by atoms with E-state index in [0.29, 0.717) is 6.42 Å². The van der Waals surface area contributed by atoms with E-state index in [1.165, 1.54) is 7.11 Å². The Hall–Kier alpha value is -1.56. The second-order valence-electron chi connectivity index (χ2n) is 5.01. The van der Waals surface area contributed by atoms with Crippen molar-refractivity contribution in [2.45, 2.75) is 32.6 Å². The molecule has 0 aliphatic heterocycles. The minimum absolute atomic E-state index is 0.0888. The molecule has 6 heteroatoms. The molecule has 0 radical (unpaired) electrons. The van der Waals surface area contributed by atoms with Crippen molar-refractivity contribution in [3.63, 3.8) is 0 Å². The van der Waals surface area contributed by atoms with E-state index in [4.69, 9.17) is 10.5 Å². The summed E-state index contributed by atoms with van der Waals surface area (Å²) in [5.74, 6) is -3.37. The van der Waals surface area contributed by atoms with Gasteiger partial charge in [0.1, 0.15) is 5.92 Å². The Bertz CT molecular complexity index is 397. The molecule has 0 saturated heterocycles. The van der Waals surface area contributed by atoms with Gasteiger partial charge in [-0.3, -0.25) is 19.2 Å². The summed E-state index contributed by atoms with van der Waals surface area (Å²) >= 11 is 0. The van der Waals surface area contributed by atoms with Crippen molar-refractivity contribution in [1.82, 2.24) is 0 Å². The summed E-state index contributed by atoms with van der Waals surface area (Å²) in [5, 5.41) is 0. The molecule has 1 saturated carbocycles. The number of nitrogens with two attached hydrogens (primary N) is 1. The molecule has 2 N–H and O–H groups in total. The molecule has 0 atom stereocenters. The van der Waals surface area contributed by atoms with Gasteiger partial charge in [-0.2, -0.15) is 0 Å². The largest absolute Gasteiger partial charge is 0.384 e. The number of carbonyl (C=O) groups is 4. The van der Waals surface area contributed by atoms with E-state index < -0.39 is 28.8 Å². The molecular formula is C13H19NO5. The smallest absolute Gasteiger partial charge is 0.226 e. The maximum absolute atomic E-state index is 12.0. The van der Waals surface area contributed by atoms with Crippen molar-refractivity contribution < 1.29 is 23.9 Å². The molecule has 1 aliphatic rings. The second kappa shape index (κ2) is 6.06. The Morgan fingerprint density at radius 3 is 2.21 bits per heavy atom. The average molecular weight is 269 g/mol. The van der Waals surface area contributed by atoms with E-state index in [1.54, 1.807) is 6.92 Å². The number of methoxy groups -OCH3 is 1. The van der Waals surface area contributed by atoms with Crippen LogP contribution in [0.2, 0.25) is 0 Å². The summed E-state index contributed by atoms with van der Waals surface area (Å²) in [7, 11) is 1.37. The number of hydrogen-bond acceptors (Lipinski definition) is 5. The van der Waals surface area contributed by atoms with Crippen LogP contribution >= 0.6 is 0 Å². The number of Topliss-reactive ketones (excluding diaryl/α,β-unsaturated/α-hetero) is 3. The van der Waals surface area contributed by atoms with Crippen LogP contribution in [-0.2, 0) is 23.9 Å². The third kappa shape index (κ3) is 3.07. The molecule has 19 heavy (non-hydrogen) atoms. The molecule has 0 bridgehead atoms. The summed E-state index contributed by atoms with van der Waals surface area (Å²) in [4.78, 5) is 47.3. The standard InChI is InChI=1S/C13H19NO5/c1-3-4-8(15)11-9(16)5-13(7-19-2,12(14)18)6-10(11)17/h11H,3-7H2,1-2H3,(H2,14,18). The zero-order chi connectivity index (χ0) is 14.6. The fourth-order valence-electron chi connectivity index (χ4n) is 2.49. The summed E-state index contributed by atoms with van der Waals surface area (Å²) in [6.45, 7) is 1.71. The van der Waals surface area contributed by atoms with Crippen molar-refractivity contribution in [2.24, 2.45) is 17.1 Å². The number of ketones is 3. The Morgan fingerprint density at radius 1 is 1.32 bits per heavy atom. The molecule has 6 nitrogen and oxygen atoms in total. The predicted molar refractivity (Wildman–Crippen MR) is 66.2 cm³/mol. The Labute approximate surface area is 111 Å². The lowest BCUT2D eigenvalue weighted by Gasteiger charge is -2.34. The van der Waals surface area contributed by atoms with Gasteiger partial charge in [-0.15, -0.1) is 0 Å². The van der Waals surface area contributed by atoms with Crippen LogP contribution in [-0.4, -0.2) is 37.0 Å². The average Bonchev–Trinajstić information content (AvgIpc) is 2.28. The summed E-state index contributed by atoms with van der Waals surface area (Å²) in [6, 6.07) is 0. The third-order valence-corrected chi connectivity index (χ3v) is 3.43. The van der Waals surface area contributed by atoms with Gasteiger partial charge >= 0.3 is 0 Å². The highest BCUT2D eigenvalue weighted by molar-refractivity contribution is 6.22. The molecule has 0 aromatic heterocycles. The highest BCUT2D eigenvalue weighted by Gasteiger charge is 2.50. The molecule has 0 aromatic rings. The van der Waals surface area contributed by atoms with E-state index in [0.717, 1.165) is 0 Å².